The van der Waals surface area contributed by atoms with Crippen molar-refractivity contribution in [3.05, 3.63) is 40.9 Å². The fraction of sp³-hybridized carbons (Fsp3) is 0.316. The van der Waals surface area contributed by atoms with E-state index in [2.05, 4.69) is 5.32 Å². The van der Waals surface area contributed by atoms with Crippen LogP contribution in [0.4, 0.5) is 5.69 Å². The van der Waals surface area contributed by atoms with Crippen LogP contribution in [0.15, 0.2) is 30.3 Å². The minimum Gasteiger partial charge on any atom is -0.497 e. The van der Waals surface area contributed by atoms with Gasteiger partial charge in [-0.3, -0.25) is 4.79 Å². The lowest BCUT2D eigenvalue weighted by Gasteiger charge is -2.13. The molecule has 0 heterocycles. The Kier molecular flexibility index (Phi) is 6.97. The van der Waals surface area contributed by atoms with Crippen LogP contribution in [0.1, 0.15) is 12.0 Å². The van der Waals surface area contributed by atoms with Crippen molar-refractivity contribution in [1.29, 1.82) is 0 Å². The lowest BCUT2D eigenvalue weighted by molar-refractivity contribution is -0.116. The monoisotopic (exact) mass is 379 g/mol. The van der Waals surface area contributed by atoms with Crippen molar-refractivity contribution in [2.45, 2.75) is 12.8 Å². The molecule has 0 aliphatic rings. The van der Waals surface area contributed by atoms with Crippen LogP contribution in [0.2, 0.25) is 5.02 Å². The second-order valence-electron chi connectivity index (χ2n) is 5.46. The Bertz CT molecular complexity index is 757. The van der Waals surface area contributed by atoms with E-state index in [1.54, 1.807) is 32.4 Å². The van der Waals surface area contributed by atoms with Gasteiger partial charge in [0.05, 0.1) is 39.1 Å². The first-order chi connectivity index (χ1) is 12.5. The lowest BCUT2D eigenvalue weighted by atomic mass is 10.1. The molecule has 0 aliphatic heterocycles. The number of rotatable bonds is 8. The molecule has 0 fully saturated rings. The molecule has 140 valence electrons. The van der Waals surface area contributed by atoms with E-state index in [1.807, 2.05) is 12.1 Å². The maximum absolute atomic E-state index is 12.3. The third-order valence-corrected chi connectivity index (χ3v) is 4.11. The number of carbonyl (C=O) groups excluding carboxylic acids is 1. The van der Waals surface area contributed by atoms with Gasteiger partial charge in [-0.1, -0.05) is 11.6 Å². The zero-order valence-electron chi connectivity index (χ0n) is 15.2. The Morgan fingerprint density at radius 2 is 1.46 bits per heavy atom. The average molecular weight is 380 g/mol. The third-order valence-electron chi connectivity index (χ3n) is 3.80. The summed E-state index contributed by atoms with van der Waals surface area (Å²) in [4.78, 5) is 12.3. The van der Waals surface area contributed by atoms with E-state index >= 15 is 0 Å². The normalized spacial score (nSPS) is 10.2. The summed E-state index contributed by atoms with van der Waals surface area (Å²) < 4.78 is 20.9. The van der Waals surface area contributed by atoms with Gasteiger partial charge in [-0.15, -0.1) is 0 Å². The minimum atomic E-state index is -0.166. The van der Waals surface area contributed by atoms with E-state index < -0.39 is 0 Å². The van der Waals surface area contributed by atoms with Gasteiger partial charge in [-0.05, 0) is 24.1 Å². The van der Waals surface area contributed by atoms with Crippen LogP contribution in [0.25, 0.3) is 0 Å². The van der Waals surface area contributed by atoms with E-state index in [1.165, 1.54) is 14.2 Å². The molecule has 0 aliphatic carbocycles. The molecule has 0 unspecified atom stereocenters. The molecule has 2 aromatic carbocycles. The highest BCUT2D eigenvalue weighted by atomic mass is 35.5. The number of nitrogens with one attached hydrogen (secondary N) is 1. The van der Waals surface area contributed by atoms with Gasteiger partial charge in [0.1, 0.15) is 11.5 Å². The van der Waals surface area contributed by atoms with Gasteiger partial charge < -0.3 is 24.3 Å². The molecule has 6 nitrogen and oxygen atoms in total. The largest absolute Gasteiger partial charge is 0.497 e. The molecule has 2 rings (SSSR count). The number of aryl methyl sites for hydroxylation is 1. The smallest absolute Gasteiger partial charge is 0.224 e. The summed E-state index contributed by atoms with van der Waals surface area (Å²) in [5, 5.41) is 3.17. The zero-order chi connectivity index (χ0) is 19.1. The molecule has 2 aromatic rings. The van der Waals surface area contributed by atoms with Crippen molar-refractivity contribution >= 4 is 23.2 Å². The molecule has 26 heavy (non-hydrogen) atoms. The lowest BCUT2D eigenvalue weighted by Crippen LogP contribution is -2.13. The molecule has 0 spiro atoms. The van der Waals surface area contributed by atoms with E-state index in [0.29, 0.717) is 40.1 Å². The fourth-order valence-electron chi connectivity index (χ4n) is 2.43. The molecule has 0 radical (unpaired) electrons. The molecule has 0 atom stereocenters. The Balaban J connectivity index is 2.05. The van der Waals surface area contributed by atoms with Gasteiger partial charge in [0.25, 0.3) is 0 Å². The van der Waals surface area contributed by atoms with E-state index in [4.69, 9.17) is 30.5 Å². The van der Waals surface area contributed by atoms with Crippen molar-refractivity contribution in [3.63, 3.8) is 0 Å². The van der Waals surface area contributed by atoms with Crippen molar-refractivity contribution in [1.82, 2.24) is 0 Å². The van der Waals surface area contributed by atoms with Gasteiger partial charge in [-0.25, -0.2) is 0 Å². The first kappa shape index (κ1) is 19.7. The summed E-state index contributed by atoms with van der Waals surface area (Å²) in [6.07, 6.45) is 0.811. The van der Waals surface area contributed by atoms with Crippen molar-refractivity contribution in [2.24, 2.45) is 0 Å². The highest BCUT2D eigenvalue weighted by molar-refractivity contribution is 6.34. The number of hydrogen-bond donors (Lipinski definition) is 1. The van der Waals surface area contributed by atoms with Crippen molar-refractivity contribution in [3.8, 4) is 23.0 Å². The molecule has 1 N–H and O–H groups in total. The Morgan fingerprint density at radius 3 is 2.00 bits per heavy atom. The summed E-state index contributed by atoms with van der Waals surface area (Å²) in [7, 11) is 6.22. The highest BCUT2D eigenvalue weighted by Gasteiger charge is 2.13. The van der Waals surface area contributed by atoms with Crippen molar-refractivity contribution in [2.75, 3.05) is 33.8 Å². The number of hydrogen-bond acceptors (Lipinski definition) is 5. The quantitative estimate of drug-likeness (QED) is 0.752. The van der Waals surface area contributed by atoms with E-state index in [0.717, 1.165) is 5.56 Å². The minimum absolute atomic E-state index is 0.166. The predicted molar refractivity (Wildman–Crippen MR) is 101 cm³/mol. The van der Waals surface area contributed by atoms with Gasteiger partial charge in [0.15, 0.2) is 11.5 Å². The Labute approximate surface area is 158 Å². The molecular formula is C19H22ClNO5. The fourth-order valence-corrected chi connectivity index (χ4v) is 2.63. The second-order valence-corrected chi connectivity index (χ2v) is 5.86. The van der Waals surface area contributed by atoms with Gasteiger partial charge in [0, 0.05) is 24.6 Å². The predicted octanol–water partition coefficient (Wildman–Crippen LogP) is 3.95. The molecule has 0 saturated carbocycles. The van der Waals surface area contributed by atoms with Crippen LogP contribution < -0.4 is 24.3 Å². The van der Waals surface area contributed by atoms with Crippen LogP contribution >= 0.6 is 11.6 Å². The first-order valence-electron chi connectivity index (χ1n) is 7.94. The standard InChI is InChI=1S/C19H22ClNO5/c1-23-13-7-12(8-14(9-13)24-2)5-6-19(22)21-16-11-18(26-4)17(25-3)10-15(16)20/h7-11H,5-6H2,1-4H3,(H,21,22). The number of amides is 1. The van der Waals surface area contributed by atoms with Crippen molar-refractivity contribution < 1.29 is 23.7 Å². The number of ether oxygens (including phenoxy) is 4. The van der Waals surface area contributed by atoms with Crippen LogP contribution in [0, 0.1) is 0 Å². The molecule has 1 amide bonds. The SMILES string of the molecule is COc1cc(CCC(=O)Nc2cc(OC)c(OC)cc2Cl)cc(OC)c1. The Morgan fingerprint density at radius 1 is 0.885 bits per heavy atom. The maximum Gasteiger partial charge on any atom is 0.224 e. The van der Waals surface area contributed by atoms with Crippen LogP contribution in [0.3, 0.4) is 0 Å². The van der Waals surface area contributed by atoms with Gasteiger partial charge in [0.2, 0.25) is 5.91 Å². The summed E-state index contributed by atoms with van der Waals surface area (Å²) in [5.74, 6) is 2.19. The first-order valence-corrected chi connectivity index (χ1v) is 8.31. The van der Waals surface area contributed by atoms with E-state index in [9.17, 15) is 4.79 Å². The zero-order valence-corrected chi connectivity index (χ0v) is 16.0. The van der Waals surface area contributed by atoms with Gasteiger partial charge >= 0.3 is 0 Å². The summed E-state index contributed by atoms with van der Waals surface area (Å²) >= 11 is 6.19. The average Bonchev–Trinajstić information content (AvgIpc) is 2.67. The van der Waals surface area contributed by atoms with Crippen LogP contribution in [-0.4, -0.2) is 34.3 Å². The molecule has 0 bridgehead atoms. The van der Waals surface area contributed by atoms with Gasteiger partial charge in [-0.2, -0.15) is 0 Å². The topological polar surface area (TPSA) is 66.0 Å². The highest BCUT2D eigenvalue weighted by Crippen LogP contribution is 2.36. The molecule has 7 heteroatoms. The number of carbonyl (C=O) groups is 1. The summed E-state index contributed by atoms with van der Waals surface area (Å²) in [6.45, 7) is 0. The number of anilines is 1. The van der Waals surface area contributed by atoms with E-state index in [-0.39, 0.29) is 12.3 Å². The number of benzene rings is 2. The maximum atomic E-state index is 12.3. The second kappa shape index (κ2) is 9.20. The summed E-state index contributed by atoms with van der Waals surface area (Å²) in [6, 6.07) is 8.77. The number of halogens is 1. The summed E-state index contributed by atoms with van der Waals surface area (Å²) in [5.41, 5.74) is 1.41. The molecule has 0 aromatic heterocycles. The number of methoxy groups -OCH3 is 4. The third kappa shape index (κ3) is 4.95. The molecule has 0 saturated heterocycles. The molecular weight excluding hydrogens is 358 g/mol. The van der Waals surface area contributed by atoms with Crippen LogP contribution in [-0.2, 0) is 11.2 Å². The van der Waals surface area contributed by atoms with Crippen LogP contribution in [0.5, 0.6) is 23.0 Å². The Hall–Kier alpha value is -2.60.